The lowest BCUT2D eigenvalue weighted by molar-refractivity contribution is 0.901. The average Bonchev–Trinajstić information content (AvgIpc) is 2.24. The Morgan fingerprint density at radius 2 is 2.64 bits per heavy atom. The molecule has 0 amide bonds. The molecule has 0 spiro atoms. The lowest BCUT2D eigenvalue weighted by Gasteiger charge is -2.03. The van der Waals surface area contributed by atoms with Crippen molar-refractivity contribution >= 4 is 15.9 Å². The summed E-state index contributed by atoms with van der Waals surface area (Å²) in [4.78, 5) is 3.63. The predicted molar refractivity (Wildman–Crippen MR) is 50.7 cm³/mol. The molecule has 1 heterocycles. The van der Waals surface area contributed by atoms with E-state index in [-0.39, 0.29) is 4.47 Å². The summed E-state index contributed by atoms with van der Waals surface area (Å²) in [6.45, 7) is -6.03. The maximum absolute atomic E-state index is 7.86. The fraction of sp³-hybridized carbons (Fsp3) is 0.444. The van der Waals surface area contributed by atoms with Crippen molar-refractivity contribution in [2.24, 2.45) is 0 Å². The Kier molecular flexibility index (Phi) is 0.813. The first-order valence-electron chi connectivity index (χ1n) is 7.78. The van der Waals surface area contributed by atoms with Crippen molar-refractivity contribution in [3.8, 4) is 0 Å². The molecule has 0 aromatic carbocycles. The first-order valence-corrected chi connectivity index (χ1v) is 3.58. The van der Waals surface area contributed by atoms with Gasteiger partial charge in [0.2, 0.25) is 0 Å². The van der Waals surface area contributed by atoms with Gasteiger partial charge in [-0.15, -0.1) is 0 Å². The largest absolute Gasteiger partial charge is 0.263 e. The Bertz CT molecular complexity index is 532. The second-order valence-electron chi connectivity index (χ2n) is 1.79. The molecule has 0 aliphatic heterocycles. The molecule has 1 aromatic heterocycles. The number of nitrogens with zero attached hydrogens (tertiary/aromatic N) is 1. The summed E-state index contributed by atoms with van der Waals surface area (Å²) in [6.07, 6.45) is -4.39. The molecule has 60 valence electrons. The topological polar surface area (TPSA) is 12.9 Å². The van der Waals surface area contributed by atoms with E-state index in [0.29, 0.717) is 0 Å². The smallest absolute Gasteiger partial charge is 0.0413 e. The molecule has 0 aliphatic carbocycles. The summed E-state index contributed by atoms with van der Waals surface area (Å²) >= 11 is 2.94. The van der Waals surface area contributed by atoms with Gasteiger partial charge in [-0.3, -0.25) is 4.98 Å². The number of rotatable bonds is 2. The number of hydrogen-bond acceptors (Lipinski definition) is 1. The maximum atomic E-state index is 7.86. The Morgan fingerprint density at radius 3 is 3.36 bits per heavy atom. The molecule has 0 saturated heterocycles. The lowest BCUT2D eigenvalue weighted by atomic mass is 10.1. The van der Waals surface area contributed by atoms with Gasteiger partial charge in [0.05, 0.1) is 0 Å². The SMILES string of the molecule is [2H]C([2H])([2H])c1c(Br)cncc1C([2H])([2H])C([2H])([2H])C([2H])([2H])[2H]. The van der Waals surface area contributed by atoms with Crippen LogP contribution in [0.3, 0.4) is 0 Å². The highest BCUT2D eigenvalue weighted by Crippen LogP contribution is 2.18. The van der Waals surface area contributed by atoms with Crippen molar-refractivity contribution in [1.82, 2.24) is 4.98 Å². The zero-order chi connectivity index (χ0) is 16.9. The van der Waals surface area contributed by atoms with Crippen molar-refractivity contribution < 1.29 is 13.7 Å². The molecular weight excluding hydrogens is 202 g/mol. The van der Waals surface area contributed by atoms with E-state index < -0.39 is 37.6 Å². The van der Waals surface area contributed by atoms with Crippen LogP contribution in [0.25, 0.3) is 0 Å². The van der Waals surface area contributed by atoms with Gasteiger partial charge in [-0.2, -0.15) is 0 Å². The van der Waals surface area contributed by atoms with Crippen LogP contribution in [0.4, 0.5) is 0 Å². The summed E-state index contributed by atoms with van der Waals surface area (Å²) in [5.41, 5.74) is -1.10. The summed E-state index contributed by atoms with van der Waals surface area (Å²) < 4.78 is 74.7. The van der Waals surface area contributed by atoms with E-state index in [1.165, 1.54) is 0 Å². The van der Waals surface area contributed by atoms with Gasteiger partial charge in [0.25, 0.3) is 0 Å². The third kappa shape index (κ3) is 2.03. The first kappa shape index (κ1) is 2.32. The van der Waals surface area contributed by atoms with Crippen LogP contribution in [0.15, 0.2) is 16.9 Å². The van der Waals surface area contributed by atoms with Gasteiger partial charge in [-0.25, -0.2) is 0 Å². The minimum absolute atomic E-state index is 0.0368. The van der Waals surface area contributed by atoms with Crippen molar-refractivity contribution in [2.75, 3.05) is 0 Å². The lowest BCUT2D eigenvalue weighted by Crippen LogP contribution is -1.90. The van der Waals surface area contributed by atoms with E-state index >= 15 is 0 Å². The second-order valence-corrected chi connectivity index (χ2v) is 2.65. The zero-order valence-corrected chi connectivity index (χ0v) is 7.07. The van der Waals surface area contributed by atoms with Crippen LogP contribution in [-0.2, 0) is 6.37 Å². The third-order valence-electron chi connectivity index (χ3n) is 1.10. The fourth-order valence-corrected chi connectivity index (χ4v) is 0.929. The molecule has 11 heavy (non-hydrogen) atoms. The number of aryl methyl sites for hydroxylation is 1. The van der Waals surface area contributed by atoms with Crippen LogP contribution < -0.4 is 0 Å². The number of halogens is 1. The highest BCUT2D eigenvalue weighted by atomic mass is 79.9. The van der Waals surface area contributed by atoms with Crippen LogP contribution in [0.5, 0.6) is 0 Å². The number of aromatic nitrogens is 1. The quantitative estimate of drug-likeness (QED) is 0.752. The molecule has 1 rings (SSSR count). The van der Waals surface area contributed by atoms with E-state index in [1.807, 2.05) is 0 Å². The van der Waals surface area contributed by atoms with E-state index in [9.17, 15) is 0 Å². The standard InChI is InChI=1S/C9H12BrN/c1-3-4-8-5-11-6-9(10)7(8)2/h5-6H,3-4H2,1-2H3/i1D3,2D3,3D2,4D2. The van der Waals surface area contributed by atoms with Crippen LogP contribution in [-0.4, -0.2) is 4.98 Å². The van der Waals surface area contributed by atoms with E-state index in [0.717, 1.165) is 12.4 Å². The van der Waals surface area contributed by atoms with Crippen molar-refractivity contribution in [3.05, 3.63) is 28.0 Å². The summed E-state index contributed by atoms with van der Waals surface area (Å²) in [7, 11) is 0. The zero-order valence-electron chi connectivity index (χ0n) is 15.5. The van der Waals surface area contributed by atoms with Gasteiger partial charge >= 0.3 is 0 Å². The van der Waals surface area contributed by atoms with Crippen LogP contribution in [0, 0.1) is 6.85 Å². The van der Waals surface area contributed by atoms with E-state index in [2.05, 4.69) is 20.9 Å². The number of hydrogen-bond donors (Lipinski definition) is 0. The molecule has 0 atom stereocenters. The number of pyridine rings is 1. The van der Waals surface area contributed by atoms with Gasteiger partial charge in [0.1, 0.15) is 0 Å². The Hall–Kier alpha value is -0.370. The summed E-state index contributed by atoms with van der Waals surface area (Å²) in [5, 5.41) is 0. The van der Waals surface area contributed by atoms with Crippen LogP contribution in [0.2, 0.25) is 0 Å². The predicted octanol–water partition coefficient (Wildman–Crippen LogP) is 3.11. The van der Waals surface area contributed by atoms with Gasteiger partial charge < -0.3 is 0 Å². The molecule has 1 aromatic rings. The molecule has 0 radical (unpaired) electrons. The highest BCUT2D eigenvalue weighted by molar-refractivity contribution is 9.10. The minimum Gasteiger partial charge on any atom is -0.263 e. The van der Waals surface area contributed by atoms with E-state index in [4.69, 9.17) is 13.7 Å². The summed E-state index contributed by atoms with van der Waals surface area (Å²) in [6, 6.07) is 0. The van der Waals surface area contributed by atoms with Gasteiger partial charge in [0, 0.05) is 30.6 Å². The van der Waals surface area contributed by atoms with Gasteiger partial charge in [0.15, 0.2) is 0 Å². The molecule has 0 unspecified atom stereocenters. The molecule has 1 nitrogen and oxygen atoms in total. The fourth-order valence-electron chi connectivity index (χ4n) is 0.597. The van der Waals surface area contributed by atoms with Crippen LogP contribution in [0.1, 0.15) is 38.1 Å². The van der Waals surface area contributed by atoms with Gasteiger partial charge in [-0.05, 0) is 40.3 Å². The van der Waals surface area contributed by atoms with Crippen molar-refractivity contribution in [1.29, 1.82) is 0 Å². The Morgan fingerprint density at radius 1 is 1.73 bits per heavy atom. The maximum Gasteiger partial charge on any atom is 0.0413 e. The Labute approximate surface area is 90.0 Å². The highest BCUT2D eigenvalue weighted by Gasteiger charge is 1.99. The normalized spacial score (nSPS) is 28.5. The molecule has 0 saturated carbocycles. The van der Waals surface area contributed by atoms with E-state index in [1.54, 1.807) is 0 Å². The van der Waals surface area contributed by atoms with Gasteiger partial charge in [-0.1, -0.05) is 13.2 Å². The molecule has 0 fully saturated rings. The Balaban J connectivity index is 3.65. The van der Waals surface area contributed by atoms with Crippen molar-refractivity contribution in [2.45, 2.75) is 26.4 Å². The molecule has 0 aliphatic rings. The summed E-state index contributed by atoms with van der Waals surface area (Å²) in [5.74, 6) is 0. The molecule has 0 bridgehead atoms. The van der Waals surface area contributed by atoms with Crippen molar-refractivity contribution in [3.63, 3.8) is 0 Å². The first-order chi connectivity index (χ1) is 9.14. The average molecular weight is 224 g/mol. The third-order valence-corrected chi connectivity index (χ3v) is 1.70. The van der Waals surface area contributed by atoms with Crippen LogP contribution >= 0.6 is 15.9 Å². The molecule has 2 heteroatoms. The monoisotopic (exact) mass is 223 g/mol. The second kappa shape index (κ2) is 3.86. The molecule has 0 N–H and O–H groups in total. The minimum atomic E-state index is -3.29. The molecular formula is C9H12BrN.